The average Bonchev–Trinajstić information content (AvgIpc) is 2.62. The van der Waals surface area contributed by atoms with E-state index in [2.05, 4.69) is 4.72 Å². The van der Waals surface area contributed by atoms with Crippen LogP contribution in [0.2, 0.25) is 5.02 Å². The summed E-state index contributed by atoms with van der Waals surface area (Å²) in [7, 11) is -2.39. The molecule has 8 heteroatoms. The van der Waals surface area contributed by atoms with E-state index in [1.165, 1.54) is 25.3 Å². The molecular weight excluding hydrogens is 376 g/mol. The molecule has 0 aliphatic carbocycles. The number of carbonyl (C=O) groups excluding carboxylic acids is 1. The van der Waals surface area contributed by atoms with Crippen molar-refractivity contribution in [2.75, 3.05) is 24.9 Å². The maximum absolute atomic E-state index is 12.6. The molecular formula is C18H21ClN2O4S. The number of amides is 1. The van der Waals surface area contributed by atoms with Gasteiger partial charge >= 0.3 is 0 Å². The first kappa shape index (κ1) is 20.1. The molecule has 0 bridgehead atoms. The second kappa shape index (κ2) is 8.42. The van der Waals surface area contributed by atoms with E-state index in [1.807, 2.05) is 13.8 Å². The topological polar surface area (TPSA) is 75.7 Å². The SMILES string of the molecule is CCN(CC)C(=O)c1cccc(S(=O)(=O)Nc2ccc(OC)c(Cl)c2)c1. The van der Waals surface area contributed by atoms with E-state index in [4.69, 9.17) is 16.3 Å². The van der Waals surface area contributed by atoms with Crippen molar-refractivity contribution in [3.8, 4) is 5.75 Å². The number of halogens is 1. The fraction of sp³-hybridized carbons (Fsp3) is 0.278. The predicted octanol–water partition coefficient (Wildman–Crippen LogP) is 3.63. The Kier molecular flexibility index (Phi) is 6.50. The van der Waals surface area contributed by atoms with Crippen LogP contribution in [0.5, 0.6) is 5.75 Å². The predicted molar refractivity (Wildman–Crippen MR) is 103 cm³/mol. The van der Waals surface area contributed by atoms with Gasteiger partial charge in [-0.05, 0) is 50.2 Å². The summed E-state index contributed by atoms with van der Waals surface area (Å²) in [5.74, 6) is 0.237. The molecule has 26 heavy (non-hydrogen) atoms. The first-order valence-electron chi connectivity index (χ1n) is 8.08. The minimum Gasteiger partial charge on any atom is -0.495 e. The number of ether oxygens (including phenoxy) is 1. The van der Waals surface area contributed by atoms with Crippen molar-refractivity contribution in [2.24, 2.45) is 0 Å². The fourth-order valence-corrected chi connectivity index (χ4v) is 3.79. The number of hydrogen-bond donors (Lipinski definition) is 1. The summed E-state index contributed by atoms with van der Waals surface area (Å²) in [6.07, 6.45) is 0. The zero-order chi connectivity index (χ0) is 19.3. The number of nitrogens with zero attached hydrogens (tertiary/aromatic N) is 1. The van der Waals surface area contributed by atoms with E-state index in [0.717, 1.165) is 0 Å². The van der Waals surface area contributed by atoms with Crippen molar-refractivity contribution < 1.29 is 17.9 Å². The van der Waals surface area contributed by atoms with Crippen molar-refractivity contribution in [1.29, 1.82) is 0 Å². The molecule has 0 saturated carbocycles. The Morgan fingerprint density at radius 1 is 1.15 bits per heavy atom. The molecule has 1 N–H and O–H groups in total. The summed E-state index contributed by atoms with van der Waals surface area (Å²) in [6.45, 7) is 4.84. The van der Waals surface area contributed by atoms with Crippen molar-refractivity contribution >= 4 is 33.2 Å². The monoisotopic (exact) mass is 396 g/mol. The number of sulfonamides is 1. The van der Waals surface area contributed by atoms with Crippen LogP contribution < -0.4 is 9.46 Å². The van der Waals surface area contributed by atoms with Gasteiger partial charge in [0.05, 0.1) is 22.7 Å². The quantitative estimate of drug-likeness (QED) is 0.775. The van der Waals surface area contributed by atoms with Crippen LogP contribution in [0.25, 0.3) is 0 Å². The smallest absolute Gasteiger partial charge is 0.261 e. The molecule has 0 radical (unpaired) electrons. The van der Waals surface area contributed by atoms with Crippen molar-refractivity contribution in [3.05, 3.63) is 53.1 Å². The van der Waals surface area contributed by atoms with Crippen LogP contribution in [-0.4, -0.2) is 39.4 Å². The second-order valence-electron chi connectivity index (χ2n) is 5.46. The minimum atomic E-state index is -3.87. The van der Waals surface area contributed by atoms with Gasteiger partial charge in [-0.15, -0.1) is 0 Å². The van der Waals surface area contributed by atoms with Crippen LogP contribution in [0.15, 0.2) is 47.4 Å². The Labute approximate surface area is 158 Å². The second-order valence-corrected chi connectivity index (χ2v) is 7.55. The molecule has 140 valence electrons. The molecule has 0 heterocycles. The number of benzene rings is 2. The Balaban J connectivity index is 2.30. The van der Waals surface area contributed by atoms with Crippen molar-refractivity contribution in [3.63, 3.8) is 0 Å². The molecule has 2 rings (SSSR count). The molecule has 1 amide bonds. The van der Waals surface area contributed by atoms with Gasteiger partial charge in [-0.3, -0.25) is 9.52 Å². The van der Waals surface area contributed by atoms with Gasteiger partial charge in [0.2, 0.25) is 0 Å². The highest BCUT2D eigenvalue weighted by Gasteiger charge is 2.19. The largest absolute Gasteiger partial charge is 0.495 e. The highest BCUT2D eigenvalue weighted by molar-refractivity contribution is 7.92. The van der Waals surface area contributed by atoms with Crippen molar-refractivity contribution in [1.82, 2.24) is 4.90 Å². The lowest BCUT2D eigenvalue weighted by Gasteiger charge is -2.19. The lowest BCUT2D eigenvalue weighted by atomic mass is 10.2. The number of nitrogens with one attached hydrogen (secondary N) is 1. The van der Waals surface area contributed by atoms with Crippen LogP contribution in [0.3, 0.4) is 0 Å². The highest BCUT2D eigenvalue weighted by Crippen LogP contribution is 2.28. The molecule has 0 fully saturated rings. The molecule has 0 saturated heterocycles. The van der Waals surface area contributed by atoms with E-state index in [0.29, 0.717) is 30.1 Å². The summed E-state index contributed by atoms with van der Waals surface area (Å²) >= 11 is 6.03. The van der Waals surface area contributed by atoms with Gasteiger partial charge in [-0.25, -0.2) is 8.42 Å². The molecule has 2 aromatic carbocycles. The maximum Gasteiger partial charge on any atom is 0.261 e. The summed E-state index contributed by atoms with van der Waals surface area (Å²) in [6, 6.07) is 10.5. The Hall–Kier alpha value is -2.25. The van der Waals surface area contributed by atoms with E-state index >= 15 is 0 Å². The van der Waals surface area contributed by atoms with Crippen LogP contribution in [0.1, 0.15) is 24.2 Å². The van der Waals surface area contributed by atoms with Crippen LogP contribution >= 0.6 is 11.6 Å². The van der Waals surface area contributed by atoms with Gasteiger partial charge in [0.1, 0.15) is 5.75 Å². The van der Waals surface area contributed by atoms with E-state index in [9.17, 15) is 13.2 Å². The standard InChI is InChI=1S/C18H21ClN2O4S/c1-4-21(5-2)18(22)13-7-6-8-15(11-13)26(23,24)20-14-9-10-17(25-3)16(19)12-14/h6-12,20H,4-5H2,1-3H3. The maximum atomic E-state index is 12.6. The Morgan fingerprint density at radius 2 is 1.85 bits per heavy atom. The normalized spacial score (nSPS) is 11.1. The molecule has 0 aliphatic heterocycles. The third kappa shape index (κ3) is 4.47. The molecule has 0 aliphatic rings. The zero-order valence-corrected chi connectivity index (χ0v) is 16.4. The Bertz CT molecular complexity index is 896. The summed E-state index contributed by atoms with van der Waals surface area (Å²) in [4.78, 5) is 14.1. The van der Waals surface area contributed by atoms with Crippen LogP contribution in [0, 0.1) is 0 Å². The summed E-state index contributed by atoms with van der Waals surface area (Å²) in [5.41, 5.74) is 0.626. The fourth-order valence-electron chi connectivity index (χ4n) is 2.43. The van der Waals surface area contributed by atoms with Crippen LogP contribution in [-0.2, 0) is 10.0 Å². The molecule has 0 atom stereocenters. The highest BCUT2D eigenvalue weighted by atomic mass is 35.5. The zero-order valence-electron chi connectivity index (χ0n) is 14.8. The number of carbonyl (C=O) groups is 1. The summed E-state index contributed by atoms with van der Waals surface area (Å²) in [5, 5.41) is 0.290. The lowest BCUT2D eigenvalue weighted by Crippen LogP contribution is -2.30. The van der Waals surface area contributed by atoms with Gasteiger partial charge in [0.25, 0.3) is 15.9 Å². The first-order valence-corrected chi connectivity index (χ1v) is 9.94. The molecule has 0 aromatic heterocycles. The Morgan fingerprint density at radius 3 is 2.42 bits per heavy atom. The van der Waals surface area contributed by atoms with Gasteiger partial charge in [0, 0.05) is 18.7 Å². The van der Waals surface area contributed by atoms with Gasteiger partial charge in [0.15, 0.2) is 0 Å². The molecule has 2 aromatic rings. The molecule has 6 nitrogen and oxygen atoms in total. The minimum absolute atomic E-state index is 0.00227. The third-order valence-electron chi connectivity index (χ3n) is 3.85. The lowest BCUT2D eigenvalue weighted by molar-refractivity contribution is 0.0772. The van der Waals surface area contributed by atoms with Gasteiger partial charge in [-0.2, -0.15) is 0 Å². The van der Waals surface area contributed by atoms with Gasteiger partial charge in [-0.1, -0.05) is 17.7 Å². The number of rotatable bonds is 7. The molecule has 0 unspecified atom stereocenters. The number of anilines is 1. The van der Waals surface area contributed by atoms with E-state index < -0.39 is 10.0 Å². The van der Waals surface area contributed by atoms with E-state index in [-0.39, 0.29) is 15.8 Å². The van der Waals surface area contributed by atoms with E-state index in [1.54, 1.807) is 29.2 Å². The van der Waals surface area contributed by atoms with Gasteiger partial charge < -0.3 is 9.64 Å². The third-order valence-corrected chi connectivity index (χ3v) is 5.52. The van der Waals surface area contributed by atoms with Crippen molar-refractivity contribution in [2.45, 2.75) is 18.7 Å². The first-order chi connectivity index (χ1) is 12.3. The number of methoxy groups -OCH3 is 1. The molecule has 0 spiro atoms. The number of hydrogen-bond acceptors (Lipinski definition) is 4. The summed E-state index contributed by atoms with van der Waals surface area (Å²) < 4.78 is 32.8. The average molecular weight is 397 g/mol. The van der Waals surface area contributed by atoms with Crippen LogP contribution in [0.4, 0.5) is 5.69 Å².